The van der Waals surface area contributed by atoms with Crippen LogP contribution in [0.5, 0.6) is 0 Å². The molecule has 0 aromatic heterocycles. The number of rotatable bonds is 3. The molecule has 2 amide bonds. The minimum atomic E-state index is -0.741. The number of nitrogens with zero attached hydrogens (tertiary/aromatic N) is 2. The molecule has 0 aliphatic carbocycles. The molecule has 1 saturated heterocycles. The van der Waals surface area contributed by atoms with Crippen LogP contribution in [0.3, 0.4) is 0 Å². The van der Waals surface area contributed by atoms with Crippen LogP contribution >= 0.6 is 0 Å². The quantitative estimate of drug-likeness (QED) is 0.697. The minimum Gasteiger partial charge on any atom is -0.458 e. The minimum absolute atomic E-state index is 0.0302. The van der Waals surface area contributed by atoms with Gasteiger partial charge in [-0.1, -0.05) is 0 Å². The zero-order valence-electron chi connectivity index (χ0n) is 12.2. The topological polar surface area (TPSA) is 66.9 Å². The van der Waals surface area contributed by atoms with Gasteiger partial charge in [0.05, 0.1) is 6.54 Å². The van der Waals surface area contributed by atoms with Crippen molar-refractivity contribution in [2.45, 2.75) is 46.3 Å². The highest BCUT2D eigenvalue weighted by atomic mass is 16.6. The first-order chi connectivity index (χ1) is 8.65. The Morgan fingerprint density at radius 1 is 1.26 bits per heavy atom. The van der Waals surface area contributed by atoms with E-state index in [4.69, 9.17) is 4.74 Å². The molecule has 1 heterocycles. The number of esters is 1. The summed E-state index contributed by atoms with van der Waals surface area (Å²) in [5.41, 5.74) is -0.607. The molecule has 1 rings (SSSR count). The number of likely N-dealkylation sites (N-methyl/N-ethyl adjacent to an activating group) is 1. The maximum absolute atomic E-state index is 11.9. The maximum atomic E-state index is 11.9. The van der Waals surface area contributed by atoms with E-state index in [1.165, 1.54) is 9.80 Å². The van der Waals surface area contributed by atoms with Crippen LogP contribution in [0.2, 0.25) is 0 Å². The summed E-state index contributed by atoms with van der Waals surface area (Å²) < 4.78 is 5.23. The van der Waals surface area contributed by atoms with Gasteiger partial charge in [-0.05, 0) is 34.6 Å². The molecule has 6 nitrogen and oxygen atoms in total. The standard InChI is InChI=1S/C13H22N2O4/c1-6-14-7-11(17)15(8-10(14)16)9(2)12(18)19-13(3,4)5/h9H,6-8H2,1-5H3. The Hall–Kier alpha value is -1.59. The number of hydrogen-bond donors (Lipinski definition) is 0. The Bertz CT molecular complexity index is 387. The maximum Gasteiger partial charge on any atom is 0.329 e. The predicted molar refractivity (Wildman–Crippen MR) is 69.3 cm³/mol. The molecule has 108 valence electrons. The van der Waals surface area contributed by atoms with Crippen LogP contribution in [0, 0.1) is 0 Å². The zero-order chi connectivity index (χ0) is 14.8. The molecule has 1 aliphatic heterocycles. The summed E-state index contributed by atoms with van der Waals surface area (Å²) in [4.78, 5) is 38.4. The van der Waals surface area contributed by atoms with E-state index < -0.39 is 17.6 Å². The van der Waals surface area contributed by atoms with Crippen LogP contribution < -0.4 is 0 Å². The largest absolute Gasteiger partial charge is 0.458 e. The van der Waals surface area contributed by atoms with E-state index in [0.717, 1.165) is 0 Å². The van der Waals surface area contributed by atoms with Gasteiger partial charge < -0.3 is 14.5 Å². The molecule has 0 radical (unpaired) electrons. The van der Waals surface area contributed by atoms with Gasteiger partial charge in [-0.3, -0.25) is 9.59 Å². The third kappa shape index (κ3) is 3.94. The van der Waals surface area contributed by atoms with Crippen molar-refractivity contribution < 1.29 is 19.1 Å². The normalized spacial score (nSPS) is 18.6. The molecule has 0 bridgehead atoms. The van der Waals surface area contributed by atoms with Crippen molar-refractivity contribution in [3.8, 4) is 0 Å². The number of carbonyl (C=O) groups is 3. The van der Waals surface area contributed by atoms with Gasteiger partial charge in [0.1, 0.15) is 18.2 Å². The third-order valence-electron chi connectivity index (χ3n) is 2.90. The predicted octanol–water partition coefficient (Wildman–Crippen LogP) is 0.407. The second-order valence-corrected chi connectivity index (χ2v) is 5.64. The van der Waals surface area contributed by atoms with Gasteiger partial charge in [-0.25, -0.2) is 4.79 Å². The summed E-state index contributed by atoms with van der Waals surface area (Å²) in [5, 5.41) is 0. The first-order valence-corrected chi connectivity index (χ1v) is 6.45. The fourth-order valence-electron chi connectivity index (χ4n) is 1.83. The second-order valence-electron chi connectivity index (χ2n) is 5.64. The lowest BCUT2D eigenvalue weighted by Crippen LogP contribution is -2.58. The lowest BCUT2D eigenvalue weighted by Gasteiger charge is -2.36. The van der Waals surface area contributed by atoms with Crippen LogP contribution in [0.4, 0.5) is 0 Å². The highest BCUT2D eigenvalue weighted by molar-refractivity contribution is 5.95. The Kier molecular flexibility index (Phi) is 4.55. The van der Waals surface area contributed by atoms with Gasteiger partial charge >= 0.3 is 5.97 Å². The fraction of sp³-hybridized carbons (Fsp3) is 0.769. The third-order valence-corrected chi connectivity index (χ3v) is 2.90. The molecular formula is C13H22N2O4. The van der Waals surface area contributed by atoms with Crippen molar-refractivity contribution in [1.82, 2.24) is 9.80 Å². The zero-order valence-corrected chi connectivity index (χ0v) is 12.2. The molecule has 1 atom stereocenters. The fourth-order valence-corrected chi connectivity index (χ4v) is 1.83. The van der Waals surface area contributed by atoms with E-state index in [1.807, 2.05) is 6.92 Å². The molecule has 1 unspecified atom stereocenters. The van der Waals surface area contributed by atoms with Gasteiger partial charge in [-0.15, -0.1) is 0 Å². The highest BCUT2D eigenvalue weighted by Crippen LogP contribution is 2.14. The molecule has 1 fully saturated rings. The van der Waals surface area contributed by atoms with Gasteiger partial charge in [0.15, 0.2) is 0 Å². The van der Waals surface area contributed by atoms with Crippen molar-refractivity contribution >= 4 is 17.8 Å². The van der Waals surface area contributed by atoms with E-state index >= 15 is 0 Å². The van der Waals surface area contributed by atoms with Gasteiger partial charge in [-0.2, -0.15) is 0 Å². The second kappa shape index (κ2) is 5.59. The van der Waals surface area contributed by atoms with Gasteiger partial charge in [0.25, 0.3) is 0 Å². The molecule has 0 spiro atoms. The summed E-state index contributed by atoms with van der Waals surface area (Å²) >= 11 is 0. The van der Waals surface area contributed by atoms with Crippen LogP contribution in [-0.4, -0.2) is 58.9 Å². The van der Waals surface area contributed by atoms with Gasteiger partial charge in [0, 0.05) is 6.54 Å². The van der Waals surface area contributed by atoms with Crippen molar-refractivity contribution in [3.63, 3.8) is 0 Å². The lowest BCUT2D eigenvalue weighted by atomic mass is 10.1. The van der Waals surface area contributed by atoms with Crippen molar-refractivity contribution in [2.75, 3.05) is 19.6 Å². The van der Waals surface area contributed by atoms with E-state index in [1.54, 1.807) is 27.7 Å². The first kappa shape index (κ1) is 15.5. The summed E-state index contributed by atoms with van der Waals surface area (Å²) in [5.74, 6) is -0.851. The number of carbonyl (C=O) groups excluding carboxylic acids is 3. The monoisotopic (exact) mass is 270 g/mol. The SMILES string of the molecule is CCN1CC(=O)N(C(C)C(=O)OC(C)(C)C)CC1=O. The first-order valence-electron chi connectivity index (χ1n) is 6.45. The van der Waals surface area contributed by atoms with Crippen LogP contribution in [-0.2, 0) is 19.1 Å². The highest BCUT2D eigenvalue weighted by Gasteiger charge is 2.36. The molecule has 0 aromatic rings. The van der Waals surface area contributed by atoms with E-state index in [0.29, 0.717) is 6.54 Å². The lowest BCUT2D eigenvalue weighted by molar-refractivity contribution is -0.167. The smallest absolute Gasteiger partial charge is 0.329 e. The van der Waals surface area contributed by atoms with Crippen LogP contribution in [0.1, 0.15) is 34.6 Å². The molecule has 0 saturated carbocycles. The summed E-state index contributed by atoms with van der Waals surface area (Å²) in [6.45, 7) is 9.16. The Morgan fingerprint density at radius 2 is 1.84 bits per heavy atom. The number of amides is 2. The molecule has 6 heteroatoms. The van der Waals surface area contributed by atoms with Crippen LogP contribution in [0.25, 0.3) is 0 Å². The average molecular weight is 270 g/mol. The molecular weight excluding hydrogens is 248 g/mol. The molecule has 1 aliphatic rings. The Labute approximate surface area is 113 Å². The molecule has 0 aromatic carbocycles. The van der Waals surface area contributed by atoms with Gasteiger partial charge in [0.2, 0.25) is 11.8 Å². The summed E-state index contributed by atoms with van der Waals surface area (Å²) in [6, 6.07) is -0.741. The van der Waals surface area contributed by atoms with Crippen LogP contribution in [0.15, 0.2) is 0 Å². The van der Waals surface area contributed by atoms with E-state index in [-0.39, 0.29) is 24.9 Å². The Balaban J connectivity index is 2.72. The van der Waals surface area contributed by atoms with E-state index in [9.17, 15) is 14.4 Å². The van der Waals surface area contributed by atoms with E-state index in [2.05, 4.69) is 0 Å². The molecule has 0 N–H and O–H groups in total. The number of piperazine rings is 1. The average Bonchev–Trinajstić information content (AvgIpc) is 2.28. The number of hydrogen-bond acceptors (Lipinski definition) is 4. The number of ether oxygens (including phenoxy) is 1. The summed E-state index contributed by atoms with van der Waals surface area (Å²) in [6.07, 6.45) is 0. The molecule has 19 heavy (non-hydrogen) atoms. The van der Waals surface area contributed by atoms with Crippen molar-refractivity contribution in [3.05, 3.63) is 0 Å². The van der Waals surface area contributed by atoms with Crippen molar-refractivity contribution in [2.24, 2.45) is 0 Å². The summed E-state index contributed by atoms with van der Waals surface area (Å²) in [7, 11) is 0. The van der Waals surface area contributed by atoms with Crippen molar-refractivity contribution in [1.29, 1.82) is 0 Å². The Morgan fingerprint density at radius 3 is 2.32 bits per heavy atom.